The second-order valence-electron chi connectivity index (χ2n) is 7.21. The van der Waals surface area contributed by atoms with Gasteiger partial charge in [0.1, 0.15) is 11.5 Å². The van der Waals surface area contributed by atoms with Crippen molar-refractivity contribution in [1.29, 1.82) is 0 Å². The van der Waals surface area contributed by atoms with Crippen molar-refractivity contribution in [2.75, 3.05) is 0 Å². The van der Waals surface area contributed by atoms with Crippen molar-refractivity contribution in [2.45, 2.75) is 46.5 Å². The molecule has 0 radical (unpaired) electrons. The molecule has 0 aliphatic rings. The van der Waals surface area contributed by atoms with Gasteiger partial charge in [-0.2, -0.15) is 0 Å². The number of ether oxygens (including phenoxy) is 1. The van der Waals surface area contributed by atoms with Crippen LogP contribution in [-0.4, -0.2) is 0 Å². The highest BCUT2D eigenvalue weighted by Crippen LogP contribution is 2.37. The fourth-order valence-electron chi connectivity index (χ4n) is 2.85. The molecule has 108 valence electrons. The Morgan fingerprint density at radius 1 is 0.900 bits per heavy atom. The van der Waals surface area contributed by atoms with Gasteiger partial charge in [0.05, 0.1) is 0 Å². The summed E-state index contributed by atoms with van der Waals surface area (Å²) in [5.74, 6) is 1.82. The van der Waals surface area contributed by atoms with Gasteiger partial charge in [-0.1, -0.05) is 46.8 Å². The van der Waals surface area contributed by atoms with Gasteiger partial charge in [0.25, 0.3) is 0 Å². The molecule has 0 bridgehead atoms. The largest absolute Gasteiger partial charge is 0.457 e. The molecule has 1 heterocycles. The molecule has 2 rings (SSSR count). The Bertz CT molecular complexity index is 530. The van der Waals surface area contributed by atoms with Crippen LogP contribution in [-0.2, 0) is 5.41 Å². The van der Waals surface area contributed by atoms with Gasteiger partial charge in [0.15, 0.2) is 0 Å². The number of rotatable bonds is 4. The summed E-state index contributed by atoms with van der Waals surface area (Å²) in [5.41, 5.74) is 1.87. The molecule has 1 aromatic heterocycles. The van der Waals surface area contributed by atoms with Crippen LogP contribution in [0.5, 0.6) is 11.5 Å². The molecule has 0 aliphatic carbocycles. The molecule has 0 saturated carbocycles. The number of thiophene rings is 1. The van der Waals surface area contributed by atoms with Crippen molar-refractivity contribution in [1.82, 2.24) is 0 Å². The van der Waals surface area contributed by atoms with Crippen LogP contribution in [0.1, 0.15) is 46.6 Å². The fourth-order valence-corrected chi connectivity index (χ4v) is 3.40. The third-order valence-corrected chi connectivity index (χ3v) is 4.00. The number of hydrogen-bond donors (Lipinski definition) is 0. The molecule has 1 nitrogen and oxygen atoms in total. The quantitative estimate of drug-likeness (QED) is 0.645. The van der Waals surface area contributed by atoms with Crippen molar-refractivity contribution in [3.8, 4) is 11.5 Å². The Balaban J connectivity index is 2.11. The van der Waals surface area contributed by atoms with E-state index in [2.05, 4.69) is 58.9 Å². The van der Waals surface area contributed by atoms with Gasteiger partial charge in [-0.15, -0.1) is 11.3 Å². The molecule has 1 aromatic carbocycles. The SMILES string of the molecule is CC(C)(C)CC(C)(C)c1ccc(Oc2ccsc2)cc1. The summed E-state index contributed by atoms with van der Waals surface area (Å²) in [6.45, 7) is 11.5. The zero-order valence-electron chi connectivity index (χ0n) is 13.1. The summed E-state index contributed by atoms with van der Waals surface area (Å²) in [5, 5.41) is 4.04. The second-order valence-corrected chi connectivity index (χ2v) is 7.99. The van der Waals surface area contributed by atoms with E-state index in [9.17, 15) is 0 Å². The molecule has 0 atom stereocenters. The zero-order chi connectivity index (χ0) is 14.8. The van der Waals surface area contributed by atoms with E-state index in [4.69, 9.17) is 4.74 Å². The average molecular weight is 288 g/mol. The molecule has 0 amide bonds. The van der Waals surface area contributed by atoms with Gasteiger partial charge in [-0.25, -0.2) is 0 Å². The lowest BCUT2D eigenvalue weighted by Crippen LogP contribution is -2.24. The summed E-state index contributed by atoms with van der Waals surface area (Å²) in [6.07, 6.45) is 1.16. The molecule has 0 N–H and O–H groups in total. The topological polar surface area (TPSA) is 9.23 Å². The molecule has 0 aliphatic heterocycles. The predicted octanol–water partition coefficient (Wildman–Crippen LogP) is 6.25. The molecule has 2 heteroatoms. The predicted molar refractivity (Wildman–Crippen MR) is 87.9 cm³/mol. The van der Waals surface area contributed by atoms with Gasteiger partial charge in [0.2, 0.25) is 0 Å². The van der Waals surface area contributed by atoms with Crippen LogP contribution in [0, 0.1) is 5.41 Å². The molecule has 2 aromatic rings. The summed E-state index contributed by atoms with van der Waals surface area (Å²) in [7, 11) is 0. The van der Waals surface area contributed by atoms with E-state index >= 15 is 0 Å². The Hall–Kier alpha value is -1.28. The zero-order valence-corrected chi connectivity index (χ0v) is 13.9. The van der Waals surface area contributed by atoms with Crippen molar-refractivity contribution in [3.63, 3.8) is 0 Å². The first-order chi connectivity index (χ1) is 9.26. The van der Waals surface area contributed by atoms with Gasteiger partial charge in [-0.3, -0.25) is 0 Å². The minimum atomic E-state index is 0.180. The van der Waals surface area contributed by atoms with Gasteiger partial charge < -0.3 is 4.74 Å². The van der Waals surface area contributed by atoms with E-state index in [1.165, 1.54) is 5.56 Å². The fraction of sp³-hybridized carbons (Fsp3) is 0.444. The minimum absolute atomic E-state index is 0.180. The molecule has 0 fully saturated rings. The van der Waals surface area contributed by atoms with Crippen LogP contribution in [0.15, 0.2) is 41.1 Å². The maximum Gasteiger partial charge on any atom is 0.138 e. The molecular formula is C18H24OS. The second kappa shape index (κ2) is 5.61. The lowest BCUT2D eigenvalue weighted by molar-refractivity contribution is 0.284. The maximum atomic E-state index is 5.80. The lowest BCUT2D eigenvalue weighted by Gasteiger charge is -2.33. The monoisotopic (exact) mass is 288 g/mol. The molecule has 0 saturated heterocycles. The highest BCUT2D eigenvalue weighted by molar-refractivity contribution is 7.08. The van der Waals surface area contributed by atoms with E-state index in [1.807, 2.05) is 16.8 Å². The van der Waals surface area contributed by atoms with Crippen molar-refractivity contribution in [3.05, 3.63) is 46.7 Å². The summed E-state index contributed by atoms with van der Waals surface area (Å²) in [4.78, 5) is 0. The van der Waals surface area contributed by atoms with Gasteiger partial charge in [0, 0.05) is 5.38 Å². The summed E-state index contributed by atoms with van der Waals surface area (Å²) >= 11 is 1.65. The molecule has 0 spiro atoms. The van der Waals surface area contributed by atoms with E-state index in [0.717, 1.165) is 17.9 Å². The van der Waals surface area contributed by atoms with Gasteiger partial charge in [-0.05, 0) is 46.4 Å². The number of hydrogen-bond acceptors (Lipinski definition) is 2. The van der Waals surface area contributed by atoms with Crippen molar-refractivity contribution >= 4 is 11.3 Å². The Kier molecular flexibility index (Phi) is 4.24. The third kappa shape index (κ3) is 4.11. The minimum Gasteiger partial charge on any atom is -0.457 e. The summed E-state index contributed by atoms with van der Waals surface area (Å²) in [6, 6.07) is 10.5. The van der Waals surface area contributed by atoms with E-state index < -0.39 is 0 Å². The Morgan fingerprint density at radius 2 is 1.55 bits per heavy atom. The van der Waals surface area contributed by atoms with Crippen LogP contribution in [0.4, 0.5) is 0 Å². The Morgan fingerprint density at radius 3 is 2.05 bits per heavy atom. The van der Waals surface area contributed by atoms with Crippen molar-refractivity contribution in [2.24, 2.45) is 5.41 Å². The van der Waals surface area contributed by atoms with Crippen molar-refractivity contribution < 1.29 is 4.74 Å². The first-order valence-corrected chi connectivity index (χ1v) is 8.01. The molecular weight excluding hydrogens is 264 g/mol. The van der Waals surface area contributed by atoms with Crippen LogP contribution < -0.4 is 4.74 Å². The van der Waals surface area contributed by atoms with E-state index in [0.29, 0.717) is 5.41 Å². The number of benzene rings is 1. The van der Waals surface area contributed by atoms with Gasteiger partial charge >= 0.3 is 0 Å². The normalized spacial score (nSPS) is 12.4. The molecule has 0 unspecified atom stereocenters. The highest BCUT2D eigenvalue weighted by atomic mass is 32.1. The lowest BCUT2D eigenvalue weighted by atomic mass is 9.72. The first kappa shape index (κ1) is 15.1. The smallest absolute Gasteiger partial charge is 0.138 e. The van der Waals surface area contributed by atoms with Crippen LogP contribution in [0.3, 0.4) is 0 Å². The average Bonchev–Trinajstić information content (AvgIpc) is 2.79. The van der Waals surface area contributed by atoms with Crippen LogP contribution in [0.2, 0.25) is 0 Å². The van der Waals surface area contributed by atoms with E-state index in [1.54, 1.807) is 11.3 Å². The van der Waals surface area contributed by atoms with Crippen LogP contribution in [0.25, 0.3) is 0 Å². The summed E-state index contributed by atoms with van der Waals surface area (Å²) < 4.78 is 5.80. The Labute approximate surface area is 126 Å². The molecule has 20 heavy (non-hydrogen) atoms. The van der Waals surface area contributed by atoms with Crippen LogP contribution >= 0.6 is 11.3 Å². The van der Waals surface area contributed by atoms with E-state index in [-0.39, 0.29) is 5.41 Å². The highest BCUT2D eigenvalue weighted by Gasteiger charge is 2.27. The standard InChI is InChI=1S/C18H24OS/c1-17(2,3)13-18(4,5)14-6-8-15(9-7-14)19-16-10-11-20-12-16/h6-12H,13H2,1-5H3. The third-order valence-electron chi connectivity index (χ3n) is 3.34. The maximum absolute atomic E-state index is 5.80. The first-order valence-electron chi connectivity index (χ1n) is 7.07.